The number of carbonyl (C=O) groups excluding carboxylic acids is 1. The highest BCUT2D eigenvalue weighted by Gasteiger charge is 2.35. The van der Waals surface area contributed by atoms with Crippen molar-refractivity contribution in [2.45, 2.75) is 26.2 Å². The van der Waals surface area contributed by atoms with Crippen LogP contribution in [0.3, 0.4) is 0 Å². The minimum absolute atomic E-state index is 0.121. The molecule has 0 fully saturated rings. The molecule has 0 saturated carbocycles. The Morgan fingerprint density at radius 3 is 2.55 bits per heavy atom. The second kappa shape index (κ2) is 5.82. The number of nitrogens with zero attached hydrogens (tertiary/aromatic N) is 5. The molecule has 2 aromatic heterocycles. The van der Waals surface area contributed by atoms with Crippen molar-refractivity contribution in [3.8, 4) is 0 Å². The molecule has 6 nitrogen and oxygen atoms in total. The van der Waals surface area contributed by atoms with Crippen molar-refractivity contribution in [3.63, 3.8) is 0 Å². The highest BCUT2D eigenvalue weighted by atomic mass is 19.4. The van der Waals surface area contributed by atoms with E-state index in [-0.39, 0.29) is 12.2 Å². The van der Waals surface area contributed by atoms with Gasteiger partial charge in [-0.25, -0.2) is 0 Å². The molecule has 1 amide bonds. The molecule has 120 valence electrons. The fraction of sp³-hybridized carbons (Fsp3) is 0.462. The van der Waals surface area contributed by atoms with Gasteiger partial charge in [0, 0.05) is 32.9 Å². The van der Waals surface area contributed by atoms with Crippen LogP contribution in [0.1, 0.15) is 28.8 Å². The Balaban J connectivity index is 2.15. The molecule has 0 aliphatic heterocycles. The van der Waals surface area contributed by atoms with Crippen LogP contribution in [-0.2, 0) is 26.3 Å². The maximum absolute atomic E-state index is 12.6. The van der Waals surface area contributed by atoms with Crippen LogP contribution < -0.4 is 0 Å². The third kappa shape index (κ3) is 3.29. The Morgan fingerprint density at radius 2 is 2.05 bits per heavy atom. The van der Waals surface area contributed by atoms with E-state index in [1.807, 2.05) is 6.92 Å². The van der Waals surface area contributed by atoms with E-state index < -0.39 is 17.8 Å². The number of hydrogen-bond acceptors (Lipinski definition) is 3. The Bertz CT molecular complexity index is 674. The highest BCUT2D eigenvalue weighted by Crippen LogP contribution is 2.28. The normalized spacial score (nSPS) is 11.7. The number of aryl methyl sites for hydroxylation is 2. The van der Waals surface area contributed by atoms with Crippen LogP contribution in [0, 0.1) is 0 Å². The van der Waals surface area contributed by atoms with Gasteiger partial charge in [-0.1, -0.05) is 0 Å². The molecule has 2 aromatic rings. The number of aromatic nitrogens is 4. The van der Waals surface area contributed by atoms with Crippen LogP contribution in [0.5, 0.6) is 0 Å². The largest absolute Gasteiger partial charge is 0.435 e. The van der Waals surface area contributed by atoms with Crippen LogP contribution in [-0.4, -0.2) is 37.4 Å². The van der Waals surface area contributed by atoms with Crippen molar-refractivity contribution in [1.29, 1.82) is 0 Å². The first-order valence-corrected chi connectivity index (χ1v) is 6.61. The second-order valence-corrected chi connectivity index (χ2v) is 4.86. The molecule has 0 aliphatic carbocycles. The lowest BCUT2D eigenvalue weighted by atomic mass is 10.3. The summed E-state index contributed by atoms with van der Waals surface area (Å²) in [6, 6.07) is 2.52. The molecule has 0 bridgehead atoms. The fourth-order valence-electron chi connectivity index (χ4n) is 1.98. The minimum Gasteiger partial charge on any atom is -0.334 e. The Labute approximate surface area is 125 Å². The van der Waals surface area contributed by atoms with Gasteiger partial charge < -0.3 is 4.90 Å². The predicted octanol–water partition coefficient (Wildman–Crippen LogP) is 1.93. The van der Waals surface area contributed by atoms with E-state index in [0.29, 0.717) is 12.2 Å². The van der Waals surface area contributed by atoms with Crippen molar-refractivity contribution in [2.24, 2.45) is 7.05 Å². The SMILES string of the molecule is CCn1ccc(CN(C)C(=O)c2cc(C(F)(F)F)nn2C)n1. The summed E-state index contributed by atoms with van der Waals surface area (Å²) in [6.07, 6.45) is -2.80. The lowest BCUT2D eigenvalue weighted by molar-refractivity contribution is -0.141. The molecule has 0 radical (unpaired) electrons. The molecule has 22 heavy (non-hydrogen) atoms. The smallest absolute Gasteiger partial charge is 0.334 e. The molecule has 0 aliphatic rings. The molecule has 2 rings (SSSR count). The first kappa shape index (κ1) is 16.1. The standard InChI is InChI=1S/C13H16F3N5O/c1-4-21-6-5-9(17-21)8-19(2)12(22)10-7-11(13(14,15)16)18-20(10)3/h5-7H,4,8H2,1-3H3. The molecule has 0 N–H and O–H groups in total. The number of hydrogen-bond donors (Lipinski definition) is 0. The topological polar surface area (TPSA) is 56.0 Å². The maximum atomic E-state index is 12.6. The summed E-state index contributed by atoms with van der Waals surface area (Å²) in [5.74, 6) is -0.545. The van der Waals surface area contributed by atoms with Crippen molar-refractivity contribution in [2.75, 3.05) is 7.05 Å². The monoisotopic (exact) mass is 315 g/mol. The zero-order chi connectivity index (χ0) is 16.5. The molecule has 2 heterocycles. The van der Waals surface area contributed by atoms with Crippen molar-refractivity contribution in [3.05, 3.63) is 35.4 Å². The van der Waals surface area contributed by atoms with Gasteiger partial charge in [0.15, 0.2) is 5.69 Å². The van der Waals surface area contributed by atoms with E-state index in [0.717, 1.165) is 10.7 Å². The van der Waals surface area contributed by atoms with Gasteiger partial charge in [0.1, 0.15) is 5.69 Å². The van der Waals surface area contributed by atoms with Gasteiger partial charge in [0.05, 0.1) is 12.2 Å². The minimum atomic E-state index is -4.57. The summed E-state index contributed by atoms with van der Waals surface area (Å²) in [5.41, 5.74) is -0.539. The first-order chi connectivity index (χ1) is 10.2. The first-order valence-electron chi connectivity index (χ1n) is 6.61. The van der Waals surface area contributed by atoms with Crippen molar-refractivity contribution in [1.82, 2.24) is 24.5 Å². The summed E-state index contributed by atoms with van der Waals surface area (Å²) >= 11 is 0. The average Bonchev–Trinajstić information content (AvgIpc) is 3.03. The van der Waals surface area contributed by atoms with E-state index in [9.17, 15) is 18.0 Å². The molecule has 0 unspecified atom stereocenters. The van der Waals surface area contributed by atoms with E-state index in [1.165, 1.54) is 19.0 Å². The van der Waals surface area contributed by atoms with Crippen LogP contribution in [0.15, 0.2) is 18.3 Å². The quantitative estimate of drug-likeness (QED) is 0.866. The van der Waals surface area contributed by atoms with E-state index >= 15 is 0 Å². The molecule has 0 saturated heterocycles. The Kier molecular flexibility index (Phi) is 4.25. The van der Waals surface area contributed by atoms with Crippen LogP contribution in [0.4, 0.5) is 13.2 Å². The van der Waals surface area contributed by atoms with E-state index in [1.54, 1.807) is 16.9 Å². The van der Waals surface area contributed by atoms with Crippen LogP contribution >= 0.6 is 0 Å². The number of amides is 1. The summed E-state index contributed by atoms with van der Waals surface area (Å²) in [4.78, 5) is 13.6. The van der Waals surface area contributed by atoms with Gasteiger partial charge in [-0.3, -0.25) is 14.2 Å². The number of halogens is 3. The van der Waals surface area contributed by atoms with Gasteiger partial charge in [-0.15, -0.1) is 0 Å². The van der Waals surface area contributed by atoms with Crippen molar-refractivity contribution < 1.29 is 18.0 Å². The number of alkyl halides is 3. The summed E-state index contributed by atoms with van der Waals surface area (Å²) in [7, 11) is 2.82. The maximum Gasteiger partial charge on any atom is 0.435 e. The van der Waals surface area contributed by atoms with Gasteiger partial charge in [0.2, 0.25) is 0 Å². The average molecular weight is 315 g/mol. The summed E-state index contributed by atoms with van der Waals surface area (Å²) in [5, 5.41) is 7.57. The highest BCUT2D eigenvalue weighted by molar-refractivity contribution is 5.92. The van der Waals surface area contributed by atoms with E-state index in [4.69, 9.17) is 0 Å². The summed E-state index contributed by atoms with van der Waals surface area (Å²) in [6.45, 7) is 2.84. The van der Waals surface area contributed by atoms with Crippen molar-refractivity contribution >= 4 is 5.91 Å². The lowest BCUT2D eigenvalue weighted by Crippen LogP contribution is -2.28. The van der Waals surface area contributed by atoms with Gasteiger partial charge >= 0.3 is 6.18 Å². The molecular weight excluding hydrogens is 299 g/mol. The van der Waals surface area contributed by atoms with Gasteiger partial charge in [-0.05, 0) is 13.0 Å². The van der Waals surface area contributed by atoms with Crippen LogP contribution in [0.2, 0.25) is 0 Å². The van der Waals surface area contributed by atoms with Crippen LogP contribution in [0.25, 0.3) is 0 Å². The zero-order valence-corrected chi connectivity index (χ0v) is 12.4. The third-order valence-corrected chi connectivity index (χ3v) is 3.16. The van der Waals surface area contributed by atoms with E-state index in [2.05, 4.69) is 10.2 Å². The zero-order valence-electron chi connectivity index (χ0n) is 12.4. The number of rotatable bonds is 4. The molecule has 0 aromatic carbocycles. The molecular formula is C13H16F3N5O. The molecule has 9 heteroatoms. The van der Waals surface area contributed by atoms with Gasteiger partial charge in [0.25, 0.3) is 5.91 Å². The Morgan fingerprint density at radius 1 is 1.36 bits per heavy atom. The lowest BCUT2D eigenvalue weighted by Gasteiger charge is -2.15. The third-order valence-electron chi connectivity index (χ3n) is 3.16. The fourth-order valence-corrected chi connectivity index (χ4v) is 1.98. The van der Waals surface area contributed by atoms with Gasteiger partial charge in [-0.2, -0.15) is 23.4 Å². The second-order valence-electron chi connectivity index (χ2n) is 4.86. The summed E-state index contributed by atoms with van der Waals surface area (Å²) < 4.78 is 40.5. The molecule has 0 spiro atoms. The predicted molar refractivity (Wildman–Crippen MR) is 71.9 cm³/mol. The Hall–Kier alpha value is -2.32. The molecule has 0 atom stereocenters. The number of carbonyl (C=O) groups is 1.